The van der Waals surface area contributed by atoms with Gasteiger partial charge in [0.05, 0.1) is 31.2 Å². The molecule has 0 radical (unpaired) electrons. The zero-order valence-electron chi connectivity index (χ0n) is 21.9. The number of benzene rings is 2. The van der Waals surface area contributed by atoms with Gasteiger partial charge in [0.25, 0.3) is 5.91 Å². The van der Waals surface area contributed by atoms with Gasteiger partial charge in [0.15, 0.2) is 0 Å². The third kappa shape index (κ3) is 5.78. The second kappa shape index (κ2) is 11.4. The molecule has 1 saturated heterocycles. The lowest BCUT2D eigenvalue weighted by molar-refractivity contribution is -0.130. The molecule has 0 bridgehead atoms. The summed E-state index contributed by atoms with van der Waals surface area (Å²) in [4.78, 5) is 40.4. The third-order valence-electron chi connectivity index (χ3n) is 7.77. The van der Waals surface area contributed by atoms with Crippen LogP contribution in [0, 0.1) is 5.92 Å². The molecule has 2 N–H and O–H groups in total. The molecule has 3 aliphatic rings. The van der Waals surface area contributed by atoms with Crippen LogP contribution in [0.15, 0.2) is 42.5 Å². The third-order valence-corrected chi connectivity index (χ3v) is 7.77. The Kier molecular flexibility index (Phi) is 7.83. The second-order valence-corrected chi connectivity index (χ2v) is 10.3. The van der Waals surface area contributed by atoms with Crippen LogP contribution in [0.25, 0.3) is 0 Å². The first-order valence-corrected chi connectivity index (χ1v) is 13.4. The van der Waals surface area contributed by atoms with Crippen molar-refractivity contribution in [2.24, 2.45) is 5.92 Å². The summed E-state index contributed by atoms with van der Waals surface area (Å²) >= 11 is 0. The number of ether oxygens (including phenoxy) is 3. The highest BCUT2D eigenvalue weighted by molar-refractivity contribution is 6.00. The highest BCUT2D eigenvalue weighted by Gasteiger charge is 2.39. The zero-order valence-corrected chi connectivity index (χ0v) is 21.9. The first-order valence-electron chi connectivity index (χ1n) is 13.4. The number of hydrogen-bond acceptors (Lipinski definition) is 6. The Balaban J connectivity index is 1.22. The van der Waals surface area contributed by atoms with Crippen LogP contribution in [0.4, 0.5) is 11.4 Å². The Hall–Kier alpha value is -3.59. The van der Waals surface area contributed by atoms with Crippen molar-refractivity contribution in [3.8, 4) is 11.5 Å². The van der Waals surface area contributed by atoms with Gasteiger partial charge in [-0.2, -0.15) is 0 Å². The normalized spacial score (nSPS) is 23.4. The van der Waals surface area contributed by atoms with Crippen molar-refractivity contribution in [2.45, 2.75) is 63.2 Å². The Labute approximate surface area is 222 Å². The maximum absolute atomic E-state index is 13.5. The molecular formula is C29H35N3O6. The summed E-state index contributed by atoms with van der Waals surface area (Å²) in [5.41, 5.74) is 1.69. The van der Waals surface area contributed by atoms with E-state index in [0.717, 1.165) is 25.7 Å². The van der Waals surface area contributed by atoms with Crippen molar-refractivity contribution < 1.29 is 28.6 Å². The van der Waals surface area contributed by atoms with Crippen LogP contribution >= 0.6 is 0 Å². The molecule has 0 unspecified atom stereocenters. The molecule has 1 saturated carbocycles. The Bertz CT molecular complexity index is 1190. The summed E-state index contributed by atoms with van der Waals surface area (Å²) in [7, 11) is 3.36. The fourth-order valence-electron chi connectivity index (χ4n) is 5.66. The molecule has 2 aliphatic heterocycles. The molecule has 0 spiro atoms. The maximum Gasteiger partial charge on any atom is 0.257 e. The highest BCUT2D eigenvalue weighted by atomic mass is 16.5. The zero-order chi connectivity index (χ0) is 26.6. The molecular weight excluding hydrogens is 486 g/mol. The topological polar surface area (TPSA) is 106 Å². The van der Waals surface area contributed by atoms with Gasteiger partial charge in [-0.1, -0.05) is 18.9 Å². The molecule has 9 nitrogen and oxygen atoms in total. The minimum absolute atomic E-state index is 0.0113. The summed E-state index contributed by atoms with van der Waals surface area (Å²) in [6, 6.07) is 12.2. The summed E-state index contributed by atoms with van der Waals surface area (Å²) in [5.74, 6) is 0.859. The predicted molar refractivity (Wildman–Crippen MR) is 143 cm³/mol. The van der Waals surface area contributed by atoms with E-state index in [2.05, 4.69) is 10.6 Å². The fraction of sp³-hybridized carbons (Fsp3) is 0.483. The monoisotopic (exact) mass is 521 g/mol. The van der Waals surface area contributed by atoms with Crippen molar-refractivity contribution in [2.75, 3.05) is 31.4 Å². The first-order chi connectivity index (χ1) is 18.4. The van der Waals surface area contributed by atoms with E-state index in [-0.39, 0.29) is 54.9 Å². The molecule has 0 aromatic heterocycles. The van der Waals surface area contributed by atoms with Crippen molar-refractivity contribution in [3.05, 3.63) is 48.0 Å². The Morgan fingerprint density at radius 3 is 2.61 bits per heavy atom. The largest absolute Gasteiger partial charge is 0.497 e. The molecule has 202 valence electrons. The number of carbonyl (C=O) groups is 3. The van der Waals surface area contributed by atoms with Gasteiger partial charge in [-0.25, -0.2) is 0 Å². The van der Waals surface area contributed by atoms with Crippen molar-refractivity contribution in [3.63, 3.8) is 0 Å². The van der Waals surface area contributed by atoms with E-state index in [1.54, 1.807) is 43.3 Å². The number of nitrogens with zero attached hydrogens (tertiary/aromatic N) is 1. The Morgan fingerprint density at radius 1 is 1.03 bits per heavy atom. The standard InChI is InChI=1S/C29H35N3O6/c1-32-24-12-11-22(16-27(33)30-19-8-5-9-21(14-19)36-2)38-26(24)17-37-25-13-10-20(15-23(25)29(32)35)31-28(34)18-6-3-4-7-18/h5,8-10,13-15,18,22,24,26H,3-4,6-7,11-12,16-17H2,1-2H3,(H,30,33)(H,31,34)/t22-,24-,26+/m1/s1. The van der Waals surface area contributed by atoms with Crippen LogP contribution < -0.4 is 20.1 Å². The van der Waals surface area contributed by atoms with E-state index >= 15 is 0 Å². The lowest BCUT2D eigenvalue weighted by Gasteiger charge is -2.42. The van der Waals surface area contributed by atoms with Crippen LogP contribution in [-0.4, -0.2) is 61.6 Å². The van der Waals surface area contributed by atoms with Crippen LogP contribution in [0.3, 0.4) is 0 Å². The van der Waals surface area contributed by atoms with Crippen molar-refractivity contribution in [1.29, 1.82) is 0 Å². The number of fused-ring (bicyclic) bond motifs is 2. The quantitative estimate of drug-likeness (QED) is 0.589. The molecule has 5 rings (SSSR count). The minimum Gasteiger partial charge on any atom is -0.497 e. The van der Waals surface area contributed by atoms with E-state index in [0.29, 0.717) is 41.3 Å². The second-order valence-electron chi connectivity index (χ2n) is 10.3. The van der Waals surface area contributed by atoms with Gasteiger partial charge in [-0.05, 0) is 56.0 Å². The highest BCUT2D eigenvalue weighted by Crippen LogP contribution is 2.33. The summed E-state index contributed by atoms with van der Waals surface area (Å²) < 4.78 is 17.6. The minimum atomic E-state index is -0.359. The Morgan fingerprint density at radius 2 is 1.82 bits per heavy atom. The molecule has 2 aromatic carbocycles. The molecule has 3 atom stereocenters. The number of hydrogen-bond donors (Lipinski definition) is 2. The number of methoxy groups -OCH3 is 1. The van der Waals surface area contributed by atoms with Crippen molar-refractivity contribution in [1.82, 2.24) is 4.90 Å². The van der Waals surface area contributed by atoms with Gasteiger partial charge in [0.2, 0.25) is 11.8 Å². The molecule has 3 amide bonds. The lowest BCUT2D eigenvalue weighted by atomic mass is 9.94. The molecule has 38 heavy (non-hydrogen) atoms. The summed E-state index contributed by atoms with van der Waals surface area (Å²) in [6.45, 7) is 0.261. The van der Waals surface area contributed by atoms with Crippen LogP contribution in [0.2, 0.25) is 0 Å². The first kappa shape index (κ1) is 26.0. The van der Waals surface area contributed by atoms with E-state index in [1.807, 2.05) is 18.2 Å². The number of carbonyl (C=O) groups excluding carboxylic acids is 3. The number of nitrogens with one attached hydrogen (secondary N) is 2. The van der Waals surface area contributed by atoms with Gasteiger partial charge in [0.1, 0.15) is 24.2 Å². The predicted octanol–water partition coefficient (Wildman–Crippen LogP) is 4.23. The number of likely N-dealkylation sites (N-methyl/N-ethyl adjacent to an activating group) is 1. The number of anilines is 2. The van der Waals surface area contributed by atoms with E-state index < -0.39 is 0 Å². The molecule has 2 aromatic rings. The number of rotatable bonds is 6. The number of amides is 3. The molecule has 2 fully saturated rings. The van der Waals surface area contributed by atoms with Gasteiger partial charge in [-0.3, -0.25) is 14.4 Å². The smallest absolute Gasteiger partial charge is 0.257 e. The molecule has 2 heterocycles. The van der Waals surface area contributed by atoms with E-state index in [1.165, 1.54) is 0 Å². The maximum atomic E-state index is 13.5. The van der Waals surface area contributed by atoms with Crippen LogP contribution in [-0.2, 0) is 14.3 Å². The SMILES string of the molecule is COc1cccc(NC(=O)C[C@H]2CC[C@@H]3[C@H](COc4ccc(NC(=O)C5CCCC5)cc4C(=O)N3C)O2)c1. The van der Waals surface area contributed by atoms with Gasteiger partial charge >= 0.3 is 0 Å². The average molecular weight is 522 g/mol. The molecule has 1 aliphatic carbocycles. The van der Waals surface area contributed by atoms with Crippen LogP contribution in [0.1, 0.15) is 55.3 Å². The van der Waals surface area contributed by atoms with Gasteiger partial charge < -0.3 is 29.7 Å². The van der Waals surface area contributed by atoms with Crippen LogP contribution in [0.5, 0.6) is 11.5 Å². The average Bonchev–Trinajstić information content (AvgIpc) is 3.46. The van der Waals surface area contributed by atoms with E-state index in [9.17, 15) is 14.4 Å². The van der Waals surface area contributed by atoms with Gasteiger partial charge in [0, 0.05) is 30.4 Å². The summed E-state index contributed by atoms with van der Waals surface area (Å²) in [6.07, 6.45) is 4.90. The molecule has 9 heteroatoms. The van der Waals surface area contributed by atoms with Crippen molar-refractivity contribution >= 4 is 29.1 Å². The summed E-state index contributed by atoms with van der Waals surface area (Å²) in [5, 5.41) is 5.87. The van der Waals surface area contributed by atoms with Gasteiger partial charge in [-0.15, -0.1) is 0 Å². The van der Waals surface area contributed by atoms with E-state index in [4.69, 9.17) is 14.2 Å². The fourth-order valence-corrected chi connectivity index (χ4v) is 5.66. The lowest BCUT2D eigenvalue weighted by Crippen LogP contribution is -2.53.